The van der Waals surface area contributed by atoms with Gasteiger partial charge in [0.2, 0.25) is 5.91 Å². The number of hydrogen-bond acceptors (Lipinski definition) is 3. The number of rotatable bonds is 2. The van der Waals surface area contributed by atoms with Gasteiger partial charge in [0, 0.05) is 26.3 Å². The summed E-state index contributed by atoms with van der Waals surface area (Å²) in [5.41, 5.74) is 5.59. The van der Waals surface area contributed by atoms with Gasteiger partial charge in [0.1, 0.15) is 5.41 Å². The van der Waals surface area contributed by atoms with Crippen molar-refractivity contribution in [1.29, 1.82) is 0 Å². The van der Waals surface area contributed by atoms with E-state index in [0.29, 0.717) is 36.5 Å². The first-order valence-corrected chi connectivity index (χ1v) is 7.95. The minimum atomic E-state index is -0.665. The van der Waals surface area contributed by atoms with E-state index < -0.39 is 5.41 Å². The molecule has 0 aliphatic carbocycles. The molecule has 20 heavy (non-hydrogen) atoms. The highest BCUT2D eigenvalue weighted by Crippen LogP contribution is 2.36. The molecule has 0 radical (unpaired) electrons. The number of amides is 1. The minimum absolute atomic E-state index is 0.131. The maximum absolute atomic E-state index is 13.0. The summed E-state index contributed by atoms with van der Waals surface area (Å²) in [6.07, 6.45) is 4.52. The Morgan fingerprint density at radius 2 is 1.80 bits per heavy atom. The average Bonchev–Trinajstić information content (AvgIpc) is 2.59. The van der Waals surface area contributed by atoms with Gasteiger partial charge in [0.05, 0.1) is 4.99 Å². The lowest BCUT2D eigenvalue weighted by atomic mass is 9.78. The second-order valence-corrected chi connectivity index (χ2v) is 7.31. The molecule has 5 heteroatoms. The molecule has 0 unspecified atom stereocenters. The van der Waals surface area contributed by atoms with Gasteiger partial charge in [-0.2, -0.15) is 0 Å². The van der Waals surface area contributed by atoms with Crippen molar-refractivity contribution in [2.75, 3.05) is 26.3 Å². The first-order chi connectivity index (χ1) is 9.37. The number of carbonyl (C=O) groups excluding carboxylic acids is 1. The first-order valence-electron chi connectivity index (χ1n) is 7.54. The highest BCUT2D eigenvalue weighted by Gasteiger charge is 2.45. The third-order valence-corrected chi connectivity index (χ3v) is 5.25. The van der Waals surface area contributed by atoms with Crippen LogP contribution < -0.4 is 5.73 Å². The van der Waals surface area contributed by atoms with Crippen LogP contribution in [0.1, 0.15) is 46.0 Å². The smallest absolute Gasteiger partial charge is 0.235 e. The first kappa shape index (κ1) is 15.7. The van der Waals surface area contributed by atoms with E-state index in [-0.39, 0.29) is 5.91 Å². The van der Waals surface area contributed by atoms with Gasteiger partial charge in [-0.15, -0.1) is 0 Å². The molecule has 2 rings (SSSR count). The standard InChI is InChI=1S/C15H26N2O2S/c1-14(2)4-3-8-17(9-5-14)13(18)15(12(16)20)6-10-19-11-7-15/h3-11H2,1-2H3,(H2,16,20). The number of carbonyl (C=O) groups is 1. The Balaban J connectivity index is 2.13. The molecule has 2 N–H and O–H groups in total. The van der Waals surface area contributed by atoms with Crippen LogP contribution in [0.2, 0.25) is 0 Å². The number of nitrogens with two attached hydrogens (primary N) is 1. The van der Waals surface area contributed by atoms with Crippen molar-refractivity contribution in [2.24, 2.45) is 16.6 Å². The number of thiocarbonyl (C=S) groups is 1. The zero-order valence-corrected chi connectivity index (χ0v) is 13.4. The van der Waals surface area contributed by atoms with Crippen LogP contribution in [0, 0.1) is 10.8 Å². The molecular formula is C15H26N2O2S. The predicted molar refractivity (Wildman–Crippen MR) is 83.5 cm³/mol. The quantitative estimate of drug-likeness (QED) is 0.793. The van der Waals surface area contributed by atoms with Crippen molar-refractivity contribution in [2.45, 2.75) is 46.0 Å². The van der Waals surface area contributed by atoms with Gasteiger partial charge in [-0.3, -0.25) is 4.79 Å². The van der Waals surface area contributed by atoms with E-state index in [0.717, 1.165) is 25.9 Å². The molecule has 2 saturated heterocycles. The Labute approximate surface area is 127 Å². The number of ether oxygens (including phenoxy) is 1. The van der Waals surface area contributed by atoms with Crippen LogP contribution >= 0.6 is 12.2 Å². The summed E-state index contributed by atoms with van der Waals surface area (Å²) in [7, 11) is 0. The Kier molecular flexibility index (Phi) is 4.69. The largest absolute Gasteiger partial charge is 0.392 e. The molecule has 0 aromatic rings. The third-order valence-electron chi connectivity index (χ3n) is 4.85. The summed E-state index contributed by atoms with van der Waals surface area (Å²) in [4.78, 5) is 15.3. The van der Waals surface area contributed by atoms with Crippen LogP contribution in [-0.2, 0) is 9.53 Å². The van der Waals surface area contributed by atoms with E-state index in [4.69, 9.17) is 22.7 Å². The third kappa shape index (κ3) is 3.14. The van der Waals surface area contributed by atoms with Crippen molar-refractivity contribution in [3.8, 4) is 0 Å². The molecule has 0 bridgehead atoms. The second kappa shape index (κ2) is 5.98. The van der Waals surface area contributed by atoms with E-state index in [1.807, 2.05) is 4.90 Å². The molecule has 1 amide bonds. The molecule has 2 aliphatic rings. The lowest BCUT2D eigenvalue weighted by Crippen LogP contribution is -2.53. The van der Waals surface area contributed by atoms with Crippen LogP contribution in [0.5, 0.6) is 0 Å². The number of nitrogens with zero attached hydrogens (tertiary/aromatic N) is 1. The van der Waals surface area contributed by atoms with Gasteiger partial charge in [-0.1, -0.05) is 26.1 Å². The van der Waals surface area contributed by atoms with Gasteiger partial charge in [-0.25, -0.2) is 0 Å². The lowest BCUT2D eigenvalue weighted by Gasteiger charge is -2.38. The van der Waals surface area contributed by atoms with Crippen molar-refractivity contribution in [3.63, 3.8) is 0 Å². The summed E-state index contributed by atoms with van der Waals surface area (Å²) in [6, 6.07) is 0. The van der Waals surface area contributed by atoms with Gasteiger partial charge in [0.25, 0.3) is 0 Å². The van der Waals surface area contributed by atoms with Crippen molar-refractivity contribution in [3.05, 3.63) is 0 Å². The van der Waals surface area contributed by atoms with E-state index in [1.165, 1.54) is 6.42 Å². The summed E-state index contributed by atoms with van der Waals surface area (Å²) in [5, 5.41) is 0. The summed E-state index contributed by atoms with van der Waals surface area (Å²) in [6.45, 7) is 7.34. The van der Waals surface area contributed by atoms with Crippen LogP contribution in [0.4, 0.5) is 0 Å². The van der Waals surface area contributed by atoms with Gasteiger partial charge >= 0.3 is 0 Å². The van der Waals surface area contributed by atoms with Crippen LogP contribution in [0.15, 0.2) is 0 Å². The molecule has 2 aliphatic heterocycles. The highest BCUT2D eigenvalue weighted by atomic mass is 32.1. The van der Waals surface area contributed by atoms with E-state index in [2.05, 4.69) is 13.8 Å². The minimum Gasteiger partial charge on any atom is -0.392 e. The maximum atomic E-state index is 13.0. The van der Waals surface area contributed by atoms with Crippen LogP contribution in [0.3, 0.4) is 0 Å². The number of hydrogen-bond donors (Lipinski definition) is 1. The average molecular weight is 298 g/mol. The monoisotopic (exact) mass is 298 g/mol. The van der Waals surface area contributed by atoms with Crippen LogP contribution in [0.25, 0.3) is 0 Å². The molecule has 0 spiro atoms. The molecule has 2 heterocycles. The van der Waals surface area contributed by atoms with Crippen molar-refractivity contribution >= 4 is 23.1 Å². The van der Waals surface area contributed by atoms with Gasteiger partial charge < -0.3 is 15.4 Å². The summed E-state index contributed by atoms with van der Waals surface area (Å²) >= 11 is 5.23. The molecule has 0 atom stereocenters. The van der Waals surface area contributed by atoms with Crippen molar-refractivity contribution < 1.29 is 9.53 Å². The topological polar surface area (TPSA) is 55.6 Å². The fraction of sp³-hybridized carbons (Fsp3) is 0.867. The normalized spacial score (nSPS) is 25.8. The molecule has 0 saturated carbocycles. The molecular weight excluding hydrogens is 272 g/mol. The van der Waals surface area contributed by atoms with E-state index >= 15 is 0 Å². The molecule has 114 valence electrons. The Morgan fingerprint density at radius 1 is 1.15 bits per heavy atom. The molecule has 2 fully saturated rings. The Hall–Kier alpha value is -0.680. The summed E-state index contributed by atoms with van der Waals surface area (Å²) < 4.78 is 5.38. The van der Waals surface area contributed by atoms with Gasteiger partial charge in [0.15, 0.2) is 0 Å². The Morgan fingerprint density at radius 3 is 2.40 bits per heavy atom. The van der Waals surface area contributed by atoms with Crippen molar-refractivity contribution in [1.82, 2.24) is 4.90 Å². The predicted octanol–water partition coefficient (Wildman–Crippen LogP) is 2.11. The molecule has 0 aromatic carbocycles. The van der Waals surface area contributed by atoms with E-state index in [1.54, 1.807) is 0 Å². The Bertz CT molecular complexity index is 389. The fourth-order valence-electron chi connectivity index (χ4n) is 3.21. The van der Waals surface area contributed by atoms with E-state index in [9.17, 15) is 4.79 Å². The summed E-state index contributed by atoms with van der Waals surface area (Å²) in [5.74, 6) is 0.131. The molecule has 0 aromatic heterocycles. The zero-order chi connectivity index (χ0) is 14.8. The fourth-order valence-corrected chi connectivity index (χ4v) is 3.51. The van der Waals surface area contributed by atoms with Crippen LogP contribution in [-0.4, -0.2) is 42.1 Å². The highest BCUT2D eigenvalue weighted by molar-refractivity contribution is 7.80. The SMILES string of the molecule is CC1(C)CCCN(C(=O)C2(C(N)=S)CCOCC2)CC1. The molecule has 4 nitrogen and oxygen atoms in total. The second-order valence-electron chi connectivity index (χ2n) is 6.87. The maximum Gasteiger partial charge on any atom is 0.235 e. The van der Waals surface area contributed by atoms with Gasteiger partial charge in [-0.05, 0) is 37.5 Å². The number of likely N-dealkylation sites (tertiary alicyclic amines) is 1. The lowest BCUT2D eigenvalue weighted by molar-refractivity contribution is -0.142. The zero-order valence-electron chi connectivity index (χ0n) is 12.6.